The first-order valence-electron chi connectivity index (χ1n) is 15.9. The maximum Gasteiger partial charge on any atom is 0.0991 e. The van der Waals surface area contributed by atoms with Crippen LogP contribution in [0.5, 0.6) is 0 Å². The van der Waals surface area contributed by atoms with Crippen LogP contribution in [0.25, 0.3) is 22.3 Å². The monoisotopic (exact) mass is 566 g/mol. The highest BCUT2D eigenvalue weighted by Gasteiger charge is 2.11. The molecule has 0 atom stereocenters. The van der Waals surface area contributed by atoms with Crippen LogP contribution in [0, 0.1) is 64.2 Å². The van der Waals surface area contributed by atoms with Crippen LogP contribution in [0.1, 0.15) is 101 Å². The molecule has 0 aliphatic heterocycles. The largest absolute Gasteiger partial charge is 0.192 e. The summed E-state index contributed by atoms with van der Waals surface area (Å²) >= 11 is 0. The van der Waals surface area contributed by atoms with Crippen molar-refractivity contribution in [3.63, 3.8) is 0 Å². The molecule has 0 aliphatic carbocycles. The lowest BCUT2D eigenvalue weighted by Gasteiger charge is -2.14. The molecule has 0 unspecified atom stereocenters. The van der Waals surface area contributed by atoms with E-state index in [1.807, 2.05) is 24.3 Å². The van der Waals surface area contributed by atoms with Gasteiger partial charge in [0.05, 0.1) is 23.3 Å². The van der Waals surface area contributed by atoms with Gasteiger partial charge in [0.2, 0.25) is 0 Å². The summed E-state index contributed by atoms with van der Waals surface area (Å²) in [5.41, 5.74) is 16.8. The van der Waals surface area contributed by atoms with E-state index in [4.69, 9.17) is 0 Å². The Kier molecular flexibility index (Phi) is 11.0. The summed E-state index contributed by atoms with van der Waals surface area (Å²) in [6.07, 6.45) is 11.3. The van der Waals surface area contributed by atoms with Gasteiger partial charge < -0.3 is 0 Å². The van der Waals surface area contributed by atoms with Gasteiger partial charge in [0.15, 0.2) is 0 Å². The zero-order valence-electron chi connectivity index (χ0n) is 27.0. The molecule has 0 saturated heterocycles. The molecule has 0 heterocycles. The highest BCUT2D eigenvalue weighted by molar-refractivity contribution is 5.74. The lowest BCUT2D eigenvalue weighted by atomic mass is 9.91. The van der Waals surface area contributed by atoms with E-state index in [1.54, 1.807) is 0 Å². The molecule has 0 spiro atoms. The van der Waals surface area contributed by atoms with E-state index in [-0.39, 0.29) is 0 Å². The van der Waals surface area contributed by atoms with Crippen LogP contribution in [0.4, 0.5) is 0 Å². The Labute approximate surface area is 260 Å². The summed E-state index contributed by atoms with van der Waals surface area (Å²) in [6.45, 7) is 12.9. The van der Waals surface area contributed by atoms with E-state index >= 15 is 0 Å². The number of nitriles is 2. The smallest absolute Gasteiger partial charge is 0.0991 e. The molecule has 0 amide bonds. The summed E-state index contributed by atoms with van der Waals surface area (Å²) in [4.78, 5) is 0. The van der Waals surface area contributed by atoms with Crippen LogP contribution in [-0.4, -0.2) is 0 Å². The van der Waals surface area contributed by atoms with Gasteiger partial charge in [-0.1, -0.05) is 68.5 Å². The lowest BCUT2D eigenvalue weighted by molar-refractivity contribution is 0.578. The quantitative estimate of drug-likeness (QED) is 0.160. The van der Waals surface area contributed by atoms with Crippen LogP contribution < -0.4 is 0 Å². The third-order valence-electron chi connectivity index (χ3n) is 8.98. The van der Waals surface area contributed by atoms with Crippen molar-refractivity contribution in [2.45, 2.75) is 99.3 Å². The van der Waals surface area contributed by atoms with E-state index in [0.29, 0.717) is 0 Å². The third-order valence-corrected chi connectivity index (χ3v) is 8.98. The molecule has 0 bridgehead atoms. The van der Waals surface area contributed by atoms with Crippen molar-refractivity contribution in [3.8, 4) is 34.4 Å². The lowest BCUT2D eigenvalue weighted by Crippen LogP contribution is -1.95. The van der Waals surface area contributed by atoms with Crippen molar-refractivity contribution in [2.75, 3.05) is 0 Å². The number of rotatable bonds is 12. The van der Waals surface area contributed by atoms with Gasteiger partial charge in [0, 0.05) is 0 Å². The Bertz CT molecular complexity index is 1500. The van der Waals surface area contributed by atoms with E-state index in [9.17, 15) is 10.5 Å². The second-order valence-corrected chi connectivity index (χ2v) is 12.5. The SMILES string of the molecule is Cc1cc(-c2c(C)cc(C#N)cc2C)ccc1CCCCCCCCCc1ccc(-c2c(C)cc(C#N)cc2C)cc1C. The first-order valence-corrected chi connectivity index (χ1v) is 15.9. The van der Waals surface area contributed by atoms with Gasteiger partial charge in [-0.25, -0.2) is 0 Å². The second-order valence-electron chi connectivity index (χ2n) is 12.5. The summed E-state index contributed by atoms with van der Waals surface area (Å²) in [7, 11) is 0. The van der Waals surface area contributed by atoms with Gasteiger partial charge in [-0.2, -0.15) is 10.5 Å². The summed E-state index contributed by atoms with van der Waals surface area (Å²) in [5, 5.41) is 18.5. The van der Waals surface area contributed by atoms with Crippen molar-refractivity contribution in [3.05, 3.63) is 116 Å². The number of benzene rings is 4. The molecule has 0 aromatic heterocycles. The Hall–Kier alpha value is -4.14. The van der Waals surface area contributed by atoms with Gasteiger partial charge in [-0.3, -0.25) is 0 Å². The normalized spacial score (nSPS) is 10.9. The summed E-state index contributed by atoms with van der Waals surface area (Å²) < 4.78 is 0. The van der Waals surface area contributed by atoms with Crippen molar-refractivity contribution < 1.29 is 0 Å². The average Bonchev–Trinajstić information content (AvgIpc) is 2.97. The van der Waals surface area contributed by atoms with Crippen molar-refractivity contribution in [1.29, 1.82) is 10.5 Å². The van der Waals surface area contributed by atoms with Crippen LogP contribution in [-0.2, 0) is 12.8 Å². The fraction of sp³-hybridized carbons (Fsp3) is 0.366. The molecule has 0 saturated carbocycles. The van der Waals surface area contributed by atoms with Crippen molar-refractivity contribution in [2.24, 2.45) is 0 Å². The van der Waals surface area contributed by atoms with Crippen molar-refractivity contribution in [1.82, 2.24) is 0 Å². The van der Waals surface area contributed by atoms with Gasteiger partial charge in [-0.15, -0.1) is 0 Å². The van der Waals surface area contributed by atoms with Crippen LogP contribution >= 0.6 is 0 Å². The minimum absolute atomic E-state index is 0.735. The zero-order chi connectivity index (χ0) is 30.9. The van der Waals surface area contributed by atoms with E-state index < -0.39 is 0 Å². The van der Waals surface area contributed by atoms with E-state index in [1.165, 1.54) is 112 Å². The topological polar surface area (TPSA) is 47.6 Å². The maximum atomic E-state index is 9.26. The van der Waals surface area contributed by atoms with Crippen LogP contribution in [0.15, 0.2) is 60.7 Å². The number of aryl methyl sites for hydroxylation is 8. The highest BCUT2D eigenvalue weighted by Crippen LogP contribution is 2.32. The predicted octanol–water partition coefficient (Wildman–Crippen LogP) is 11.1. The number of hydrogen-bond acceptors (Lipinski definition) is 2. The average molecular weight is 567 g/mol. The molecule has 0 radical (unpaired) electrons. The third kappa shape index (κ3) is 8.03. The molecule has 220 valence electrons. The molecule has 4 aromatic carbocycles. The molecular formula is C41H46N2. The Morgan fingerprint density at radius 2 is 0.744 bits per heavy atom. The van der Waals surface area contributed by atoms with Gasteiger partial charge in [-0.05, 0) is 158 Å². The van der Waals surface area contributed by atoms with Crippen LogP contribution in [0.2, 0.25) is 0 Å². The fourth-order valence-corrected chi connectivity index (χ4v) is 6.75. The zero-order valence-corrected chi connectivity index (χ0v) is 27.0. The second kappa shape index (κ2) is 14.8. The highest BCUT2D eigenvalue weighted by atomic mass is 14.2. The van der Waals surface area contributed by atoms with E-state index in [2.05, 4.69) is 90.1 Å². The number of nitrogens with zero attached hydrogens (tertiary/aromatic N) is 2. The first kappa shape index (κ1) is 31.8. The molecule has 0 fully saturated rings. The molecule has 2 heteroatoms. The van der Waals surface area contributed by atoms with Gasteiger partial charge in [0.1, 0.15) is 0 Å². The summed E-state index contributed by atoms with van der Waals surface area (Å²) in [6, 6.07) is 26.3. The standard InChI is InChI=1S/C41H46N2/c1-28-24-38(40-30(3)20-34(26-42)21-31(40)4)18-16-36(28)14-12-10-8-7-9-11-13-15-37-17-19-39(25-29(37)2)41-32(5)22-35(27-43)23-33(41)6/h16-25H,7-15H2,1-6H3. The first-order chi connectivity index (χ1) is 20.7. The Morgan fingerprint density at radius 1 is 0.419 bits per heavy atom. The molecular weight excluding hydrogens is 520 g/mol. The Morgan fingerprint density at radius 3 is 1.05 bits per heavy atom. The minimum Gasteiger partial charge on any atom is -0.192 e. The maximum absolute atomic E-state index is 9.26. The van der Waals surface area contributed by atoms with Gasteiger partial charge in [0.25, 0.3) is 0 Å². The predicted molar refractivity (Wildman–Crippen MR) is 181 cm³/mol. The molecule has 2 nitrogen and oxygen atoms in total. The molecule has 4 aromatic rings. The van der Waals surface area contributed by atoms with E-state index in [0.717, 1.165) is 24.0 Å². The van der Waals surface area contributed by atoms with Crippen LogP contribution in [0.3, 0.4) is 0 Å². The fourth-order valence-electron chi connectivity index (χ4n) is 6.75. The molecule has 0 N–H and O–H groups in total. The minimum atomic E-state index is 0.735. The Balaban J connectivity index is 1.17. The van der Waals surface area contributed by atoms with Crippen molar-refractivity contribution >= 4 is 0 Å². The molecule has 43 heavy (non-hydrogen) atoms. The van der Waals surface area contributed by atoms with Gasteiger partial charge >= 0.3 is 0 Å². The number of unbranched alkanes of at least 4 members (excludes halogenated alkanes) is 6. The molecule has 4 rings (SSSR count). The molecule has 0 aliphatic rings. The summed E-state index contributed by atoms with van der Waals surface area (Å²) in [5.74, 6) is 0. The number of hydrogen-bond donors (Lipinski definition) is 0.